The minimum absolute atomic E-state index is 0.323. The van der Waals surface area contributed by atoms with Crippen molar-refractivity contribution in [2.75, 3.05) is 19.0 Å². The smallest absolute Gasteiger partial charge is 0.152 e. The summed E-state index contributed by atoms with van der Waals surface area (Å²) in [5.41, 5.74) is 2.00. The minimum atomic E-state index is 0.323. The number of aryl methyl sites for hydroxylation is 1. The second-order valence-electron chi connectivity index (χ2n) is 4.22. The van der Waals surface area contributed by atoms with E-state index in [-0.39, 0.29) is 0 Å². The van der Waals surface area contributed by atoms with Gasteiger partial charge in [-0.25, -0.2) is 9.50 Å². The van der Waals surface area contributed by atoms with Crippen LogP contribution < -0.4 is 5.32 Å². The van der Waals surface area contributed by atoms with Crippen molar-refractivity contribution in [1.29, 1.82) is 0 Å². The number of nitrogens with zero attached hydrogens (tertiary/aromatic N) is 3. The molecule has 0 saturated carbocycles. The summed E-state index contributed by atoms with van der Waals surface area (Å²) in [6.45, 7) is 4.84. The summed E-state index contributed by atoms with van der Waals surface area (Å²) in [7, 11) is 1.71. The van der Waals surface area contributed by atoms with E-state index in [4.69, 9.17) is 4.74 Å². The molecule has 0 fully saturated rings. The fraction of sp³-hybridized carbons (Fsp3) is 0.500. The van der Waals surface area contributed by atoms with Crippen molar-refractivity contribution >= 4 is 11.3 Å². The van der Waals surface area contributed by atoms with E-state index in [0.29, 0.717) is 6.04 Å². The molecule has 0 aliphatic heterocycles. The second kappa shape index (κ2) is 5.14. The lowest BCUT2D eigenvalue weighted by atomic mass is 10.2. The Labute approximate surface area is 101 Å². The molecule has 0 spiro atoms. The Hall–Kier alpha value is -1.62. The van der Waals surface area contributed by atoms with Crippen molar-refractivity contribution in [3.63, 3.8) is 0 Å². The Morgan fingerprint density at radius 3 is 3.12 bits per heavy atom. The Bertz CT molecular complexity index is 494. The average Bonchev–Trinajstić information content (AvgIpc) is 2.68. The number of fused-ring (bicyclic) bond motifs is 1. The van der Waals surface area contributed by atoms with Gasteiger partial charge in [0.2, 0.25) is 0 Å². The Balaban J connectivity index is 2.17. The molecule has 0 aromatic carbocycles. The first kappa shape index (κ1) is 11.9. The molecule has 2 aromatic heterocycles. The van der Waals surface area contributed by atoms with Gasteiger partial charge in [0.05, 0.1) is 5.69 Å². The van der Waals surface area contributed by atoms with E-state index in [2.05, 4.69) is 22.3 Å². The molecular weight excluding hydrogens is 216 g/mol. The van der Waals surface area contributed by atoms with Crippen LogP contribution in [0.5, 0.6) is 0 Å². The molecule has 5 nitrogen and oxygen atoms in total. The highest BCUT2D eigenvalue weighted by molar-refractivity contribution is 5.67. The van der Waals surface area contributed by atoms with Crippen LogP contribution in [0, 0.1) is 6.92 Å². The molecule has 0 aliphatic rings. The zero-order chi connectivity index (χ0) is 12.3. The summed E-state index contributed by atoms with van der Waals surface area (Å²) in [5, 5.41) is 7.74. The SMILES string of the molecule is COCCC(C)Nc1nccn2nc(C)cc12. The molecule has 0 aliphatic carbocycles. The molecular formula is C12H18N4O. The highest BCUT2D eigenvalue weighted by Crippen LogP contribution is 2.16. The predicted molar refractivity (Wildman–Crippen MR) is 67.3 cm³/mol. The van der Waals surface area contributed by atoms with Gasteiger partial charge in [0, 0.05) is 32.2 Å². The maximum atomic E-state index is 5.06. The average molecular weight is 234 g/mol. The quantitative estimate of drug-likeness (QED) is 0.858. The number of rotatable bonds is 5. The first-order valence-electron chi connectivity index (χ1n) is 5.77. The molecule has 0 radical (unpaired) electrons. The maximum Gasteiger partial charge on any atom is 0.152 e. The fourth-order valence-electron chi connectivity index (χ4n) is 1.76. The van der Waals surface area contributed by atoms with E-state index in [0.717, 1.165) is 30.1 Å². The topological polar surface area (TPSA) is 51.5 Å². The van der Waals surface area contributed by atoms with Crippen LogP contribution in [0.15, 0.2) is 18.5 Å². The number of methoxy groups -OCH3 is 1. The van der Waals surface area contributed by atoms with Crippen LogP contribution in [0.1, 0.15) is 19.0 Å². The van der Waals surface area contributed by atoms with E-state index in [1.165, 1.54) is 0 Å². The lowest BCUT2D eigenvalue weighted by Gasteiger charge is -2.14. The molecule has 2 aromatic rings. The molecule has 92 valence electrons. The van der Waals surface area contributed by atoms with Crippen LogP contribution >= 0.6 is 0 Å². The van der Waals surface area contributed by atoms with Gasteiger partial charge in [-0.05, 0) is 26.3 Å². The van der Waals surface area contributed by atoms with E-state index in [1.807, 2.05) is 23.7 Å². The van der Waals surface area contributed by atoms with Crippen LogP contribution in [0.3, 0.4) is 0 Å². The molecule has 2 rings (SSSR count). The molecule has 0 saturated heterocycles. The summed E-state index contributed by atoms with van der Waals surface area (Å²) in [5.74, 6) is 0.872. The summed E-state index contributed by atoms with van der Waals surface area (Å²) in [4.78, 5) is 4.36. The van der Waals surface area contributed by atoms with Gasteiger partial charge in [0.15, 0.2) is 5.82 Å². The van der Waals surface area contributed by atoms with Crippen molar-refractivity contribution < 1.29 is 4.74 Å². The molecule has 1 unspecified atom stereocenters. The van der Waals surface area contributed by atoms with Gasteiger partial charge < -0.3 is 10.1 Å². The number of nitrogens with one attached hydrogen (secondary N) is 1. The number of aromatic nitrogens is 3. The Morgan fingerprint density at radius 2 is 2.35 bits per heavy atom. The third-order valence-electron chi connectivity index (χ3n) is 2.65. The largest absolute Gasteiger partial charge is 0.385 e. The molecule has 5 heteroatoms. The van der Waals surface area contributed by atoms with Gasteiger partial charge in [-0.15, -0.1) is 0 Å². The van der Waals surface area contributed by atoms with Crippen LogP contribution in [-0.2, 0) is 4.74 Å². The van der Waals surface area contributed by atoms with Crippen molar-refractivity contribution in [2.24, 2.45) is 0 Å². The van der Waals surface area contributed by atoms with Crippen molar-refractivity contribution in [2.45, 2.75) is 26.3 Å². The third kappa shape index (κ3) is 2.74. The first-order chi connectivity index (χ1) is 8.20. The number of hydrogen-bond donors (Lipinski definition) is 1. The van der Waals surface area contributed by atoms with Crippen molar-refractivity contribution in [1.82, 2.24) is 14.6 Å². The lowest BCUT2D eigenvalue weighted by Crippen LogP contribution is -2.18. The van der Waals surface area contributed by atoms with Gasteiger partial charge in [0.1, 0.15) is 5.52 Å². The predicted octanol–water partition coefficient (Wildman–Crippen LogP) is 1.87. The molecule has 0 bridgehead atoms. The third-order valence-corrected chi connectivity index (χ3v) is 2.65. The zero-order valence-electron chi connectivity index (χ0n) is 10.5. The maximum absolute atomic E-state index is 5.06. The van der Waals surface area contributed by atoms with Crippen molar-refractivity contribution in [3.8, 4) is 0 Å². The van der Waals surface area contributed by atoms with Crippen LogP contribution in [-0.4, -0.2) is 34.4 Å². The van der Waals surface area contributed by atoms with Gasteiger partial charge in [-0.2, -0.15) is 5.10 Å². The molecule has 1 atom stereocenters. The van der Waals surface area contributed by atoms with Gasteiger partial charge in [-0.3, -0.25) is 0 Å². The van der Waals surface area contributed by atoms with Crippen LogP contribution in [0.4, 0.5) is 5.82 Å². The Morgan fingerprint density at radius 1 is 1.53 bits per heavy atom. The summed E-state index contributed by atoms with van der Waals surface area (Å²) in [6, 6.07) is 2.35. The lowest BCUT2D eigenvalue weighted by molar-refractivity contribution is 0.191. The second-order valence-corrected chi connectivity index (χ2v) is 4.22. The number of anilines is 1. The molecule has 1 N–H and O–H groups in total. The highest BCUT2D eigenvalue weighted by atomic mass is 16.5. The first-order valence-corrected chi connectivity index (χ1v) is 5.77. The van der Waals surface area contributed by atoms with Gasteiger partial charge >= 0.3 is 0 Å². The van der Waals surface area contributed by atoms with E-state index < -0.39 is 0 Å². The molecule has 17 heavy (non-hydrogen) atoms. The highest BCUT2D eigenvalue weighted by Gasteiger charge is 2.08. The van der Waals surface area contributed by atoms with Crippen LogP contribution in [0.2, 0.25) is 0 Å². The zero-order valence-corrected chi connectivity index (χ0v) is 10.5. The fourth-order valence-corrected chi connectivity index (χ4v) is 1.76. The van der Waals surface area contributed by atoms with Gasteiger partial charge in [-0.1, -0.05) is 0 Å². The van der Waals surface area contributed by atoms with Crippen molar-refractivity contribution in [3.05, 3.63) is 24.2 Å². The van der Waals surface area contributed by atoms with Crippen LogP contribution in [0.25, 0.3) is 5.52 Å². The minimum Gasteiger partial charge on any atom is -0.385 e. The monoisotopic (exact) mass is 234 g/mol. The standard InChI is InChI=1S/C12H18N4O/c1-9(4-7-17-3)14-12-11-8-10(2)15-16(11)6-5-13-12/h5-6,8-9H,4,7H2,1-3H3,(H,13,14). The number of hydrogen-bond acceptors (Lipinski definition) is 4. The molecule has 0 amide bonds. The summed E-state index contributed by atoms with van der Waals surface area (Å²) in [6.07, 6.45) is 4.56. The van der Waals surface area contributed by atoms with E-state index in [9.17, 15) is 0 Å². The van der Waals surface area contributed by atoms with E-state index >= 15 is 0 Å². The molecule has 2 heterocycles. The number of ether oxygens (including phenoxy) is 1. The Kier molecular flexibility index (Phi) is 3.58. The normalized spacial score (nSPS) is 12.9. The summed E-state index contributed by atoms with van der Waals surface area (Å²) >= 11 is 0. The van der Waals surface area contributed by atoms with E-state index in [1.54, 1.807) is 13.3 Å². The van der Waals surface area contributed by atoms with Gasteiger partial charge in [0.25, 0.3) is 0 Å². The summed E-state index contributed by atoms with van der Waals surface area (Å²) < 4.78 is 6.90.